The van der Waals surface area contributed by atoms with Crippen molar-refractivity contribution in [3.8, 4) is 0 Å². The van der Waals surface area contributed by atoms with E-state index in [0.717, 1.165) is 11.6 Å². The van der Waals surface area contributed by atoms with Gasteiger partial charge in [-0.15, -0.1) is 0 Å². The highest BCUT2D eigenvalue weighted by Gasteiger charge is 2.09. The highest BCUT2D eigenvalue weighted by atomic mass is 16.4. The average molecular weight is 285 g/mol. The van der Waals surface area contributed by atoms with Gasteiger partial charge in [-0.2, -0.15) is 0 Å². The van der Waals surface area contributed by atoms with Gasteiger partial charge in [0.05, 0.1) is 6.54 Å². The van der Waals surface area contributed by atoms with E-state index in [4.69, 9.17) is 5.11 Å². The predicted octanol–water partition coefficient (Wildman–Crippen LogP) is 1.75. The topological polar surface area (TPSA) is 95.1 Å². The standard InChI is InChI=1S/C15H15N3O3/c1-10-2-3-11(4-5-14(19)20)8-12(10)15(21)18-9-13-16-6-7-17-13/h2-8H,9H2,1H3,(H,16,17)(H,18,21)(H,19,20). The Morgan fingerprint density at radius 1 is 1.43 bits per heavy atom. The fourth-order valence-electron chi connectivity index (χ4n) is 1.81. The first-order chi connectivity index (χ1) is 10.1. The van der Waals surface area contributed by atoms with Crippen molar-refractivity contribution in [3.63, 3.8) is 0 Å². The molecule has 6 heteroatoms. The first kappa shape index (κ1) is 14.5. The fraction of sp³-hybridized carbons (Fsp3) is 0.133. The first-order valence-electron chi connectivity index (χ1n) is 6.34. The molecule has 3 N–H and O–H groups in total. The molecule has 0 bridgehead atoms. The molecule has 0 spiro atoms. The van der Waals surface area contributed by atoms with Gasteiger partial charge in [-0.3, -0.25) is 4.79 Å². The van der Waals surface area contributed by atoms with E-state index < -0.39 is 5.97 Å². The molecule has 0 radical (unpaired) electrons. The molecule has 21 heavy (non-hydrogen) atoms. The number of carbonyl (C=O) groups is 2. The number of H-pyrrole nitrogens is 1. The molecule has 1 amide bonds. The number of benzene rings is 1. The van der Waals surface area contributed by atoms with Crippen LogP contribution >= 0.6 is 0 Å². The second-order valence-corrected chi connectivity index (χ2v) is 4.46. The fourth-order valence-corrected chi connectivity index (χ4v) is 1.81. The number of imidazole rings is 1. The highest BCUT2D eigenvalue weighted by molar-refractivity contribution is 5.96. The lowest BCUT2D eigenvalue weighted by Crippen LogP contribution is -2.24. The summed E-state index contributed by atoms with van der Waals surface area (Å²) in [6, 6.07) is 5.20. The second-order valence-electron chi connectivity index (χ2n) is 4.46. The van der Waals surface area contributed by atoms with Crippen molar-refractivity contribution in [3.05, 3.63) is 59.2 Å². The molecular formula is C15H15N3O3. The Balaban J connectivity index is 2.12. The van der Waals surface area contributed by atoms with Crippen LogP contribution in [-0.4, -0.2) is 27.0 Å². The molecule has 0 unspecified atom stereocenters. The molecule has 108 valence electrons. The van der Waals surface area contributed by atoms with Crippen LogP contribution in [0.2, 0.25) is 0 Å². The maximum absolute atomic E-state index is 12.2. The lowest BCUT2D eigenvalue weighted by Gasteiger charge is -2.07. The number of carbonyl (C=O) groups excluding carboxylic acids is 1. The molecule has 1 aromatic carbocycles. The van der Waals surface area contributed by atoms with E-state index in [-0.39, 0.29) is 5.91 Å². The summed E-state index contributed by atoms with van der Waals surface area (Å²) in [6.07, 6.45) is 5.79. The Morgan fingerprint density at radius 2 is 2.24 bits per heavy atom. The molecular weight excluding hydrogens is 270 g/mol. The van der Waals surface area contributed by atoms with Gasteiger partial charge in [-0.05, 0) is 30.2 Å². The summed E-state index contributed by atoms with van der Waals surface area (Å²) in [6.45, 7) is 2.13. The number of aromatic nitrogens is 2. The van der Waals surface area contributed by atoms with Gasteiger partial charge in [-0.25, -0.2) is 9.78 Å². The number of carboxylic acid groups (broad SMARTS) is 1. The molecule has 6 nitrogen and oxygen atoms in total. The number of amides is 1. The summed E-state index contributed by atoms with van der Waals surface area (Å²) in [7, 11) is 0. The zero-order chi connectivity index (χ0) is 15.2. The third-order valence-electron chi connectivity index (χ3n) is 2.90. The van der Waals surface area contributed by atoms with Crippen LogP contribution in [0.5, 0.6) is 0 Å². The zero-order valence-electron chi connectivity index (χ0n) is 11.5. The lowest BCUT2D eigenvalue weighted by molar-refractivity contribution is -0.131. The molecule has 0 fully saturated rings. The van der Waals surface area contributed by atoms with Crippen molar-refractivity contribution in [1.29, 1.82) is 0 Å². The Hall–Kier alpha value is -2.89. The number of hydrogen-bond donors (Lipinski definition) is 3. The van der Waals surface area contributed by atoms with Crippen LogP contribution in [0.25, 0.3) is 6.08 Å². The van der Waals surface area contributed by atoms with E-state index in [1.807, 2.05) is 6.92 Å². The number of aromatic amines is 1. The molecule has 0 saturated heterocycles. The number of hydrogen-bond acceptors (Lipinski definition) is 3. The van der Waals surface area contributed by atoms with Gasteiger partial charge < -0.3 is 15.4 Å². The average Bonchev–Trinajstić information content (AvgIpc) is 2.97. The number of nitrogens with zero attached hydrogens (tertiary/aromatic N) is 1. The predicted molar refractivity (Wildman–Crippen MR) is 77.6 cm³/mol. The Labute approximate surface area is 121 Å². The van der Waals surface area contributed by atoms with Gasteiger partial charge in [-0.1, -0.05) is 12.1 Å². The largest absolute Gasteiger partial charge is 0.478 e. The molecule has 0 aliphatic rings. The van der Waals surface area contributed by atoms with Crippen LogP contribution in [0.1, 0.15) is 27.3 Å². The summed E-state index contributed by atoms with van der Waals surface area (Å²) in [4.78, 5) is 29.6. The molecule has 2 rings (SSSR count). The Morgan fingerprint density at radius 3 is 2.90 bits per heavy atom. The van der Waals surface area contributed by atoms with Crippen molar-refractivity contribution in [2.45, 2.75) is 13.5 Å². The van der Waals surface area contributed by atoms with Gasteiger partial charge in [0, 0.05) is 24.0 Å². The lowest BCUT2D eigenvalue weighted by atomic mass is 10.0. The number of aryl methyl sites for hydroxylation is 1. The van der Waals surface area contributed by atoms with Gasteiger partial charge in [0.1, 0.15) is 5.82 Å². The maximum atomic E-state index is 12.2. The smallest absolute Gasteiger partial charge is 0.328 e. The highest BCUT2D eigenvalue weighted by Crippen LogP contribution is 2.13. The Bertz CT molecular complexity index is 675. The van der Waals surface area contributed by atoms with Gasteiger partial charge in [0.25, 0.3) is 5.91 Å². The normalized spacial score (nSPS) is 10.7. The molecule has 2 aromatic rings. The summed E-state index contributed by atoms with van der Waals surface area (Å²) < 4.78 is 0. The van der Waals surface area contributed by atoms with E-state index >= 15 is 0 Å². The van der Waals surface area contributed by atoms with Crippen LogP contribution in [0, 0.1) is 6.92 Å². The number of rotatable bonds is 5. The van der Waals surface area contributed by atoms with Crippen LogP contribution < -0.4 is 5.32 Å². The minimum atomic E-state index is -1.03. The number of nitrogens with one attached hydrogen (secondary N) is 2. The maximum Gasteiger partial charge on any atom is 0.328 e. The van der Waals surface area contributed by atoms with Crippen LogP contribution in [0.4, 0.5) is 0 Å². The van der Waals surface area contributed by atoms with Crippen LogP contribution in [-0.2, 0) is 11.3 Å². The van der Waals surface area contributed by atoms with Crippen molar-refractivity contribution in [1.82, 2.24) is 15.3 Å². The molecule has 1 aromatic heterocycles. The summed E-state index contributed by atoms with van der Waals surface area (Å²) in [5.41, 5.74) is 1.99. The Kier molecular flexibility index (Phi) is 4.50. The third-order valence-corrected chi connectivity index (χ3v) is 2.90. The van der Waals surface area contributed by atoms with E-state index in [2.05, 4.69) is 15.3 Å². The summed E-state index contributed by atoms with van der Waals surface area (Å²) in [5.74, 6) is -0.586. The van der Waals surface area contributed by atoms with Gasteiger partial charge in [0.2, 0.25) is 0 Å². The van der Waals surface area contributed by atoms with Crippen molar-refractivity contribution in [2.75, 3.05) is 0 Å². The summed E-state index contributed by atoms with van der Waals surface area (Å²) >= 11 is 0. The first-order valence-corrected chi connectivity index (χ1v) is 6.34. The van der Waals surface area contributed by atoms with Crippen molar-refractivity contribution >= 4 is 18.0 Å². The van der Waals surface area contributed by atoms with E-state index in [1.54, 1.807) is 30.6 Å². The minimum Gasteiger partial charge on any atom is -0.478 e. The minimum absolute atomic E-state index is 0.227. The molecule has 0 atom stereocenters. The molecule has 0 aliphatic heterocycles. The quantitative estimate of drug-likeness (QED) is 0.729. The summed E-state index contributed by atoms with van der Waals surface area (Å²) in [5, 5.41) is 11.4. The monoisotopic (exact) mass is 285 g/mol. The molecule has 0 saturated carbocycles. The van der Waals surface area contributed by atoms with E-state index in [0.29, 0.717) is 23.5 Å². The van der Waals surface area contributed by atoms with Gasteiger partial charge in [0.15, 0.2) is 0 Å². The van der Waals surface area contributed by atoms with E-state index in [9.17, 15) is 9.59 Å². The molecule has 1 heterocycles. The van der Waals surface area contributed by atoms with Crippen molar-refractivity contribution < 1.29 is 14.7 Å². The number of aliphatic carboxylic acids is 1. The van der Waals surface area contributed by atoms with Crippen molar-refractivity contribution in [2.24, 2.45) is 0 Å². The SMILES string of the molecule is Cc1ccc(C=CC(=O)O)cc1C(=O)NCc1ncc[nH]1. The third kappa shape index (κ3) is 4.04. The second kappa shape index (κ2) is 6.51. The van der Waals surface area contributed by atoms with Crippen LogP contribution in [0.3, 0.4) is 0 Å². The number of carboxylic acids is 1. The van der Waals surface area contributed by atoms with E-state index in [1.165, 1.54) is 6.08 Å². The van der Waals surface area contributed by atoms with Gasteiger partial charge >= 0.3 is 5.97 Å². The molecule has 0 aliphatic carbocycles. The zero-order valence-corrected chi connectivity index (χ0v) is 11.5. The van der Waals surface area contributed by atoms with Crippen LogP contribution in [0.15, 0.2) is 36.7 Å².